The lowest BCUT2D eigenvalue weighted by Gasteiger charge is -2.21. The summed E-state index contributed by atoms with van der Waals surface area (Å²) in [7, 11) is 1.68. The number of likely N-dealkylation sites (N-methyl/N-ethyl adjacent to an activating group) is 1. The number of rotatable bonds is 7. The van der Waals surface area contributed by atoms with Crippen molar-refractivity contribution in [3.63, 3.8) is 0 Å². The largest absolute Gasteiger partial charge is 0.452 e. The molecule has 1 N–H and O–H groups in total. The second kappa shape index (κ2) is 9.52. The van der Waals surface area contributed by atoms with Crippen LogP contribution in [0.15, 0.2) is 54.6 Å². The average Bonchev–Trinajstić information content (AvgIpc) is 2.63. The summed E-state index contributed by atoms with van der Waals surface area (Å²) in [6, 6.07) is 16.5. The third kappa shape index (κ3) is 6.58. The van der Waals surface area contributed by atoms with Crippen LogP contribution in [0, 0.1) is 0 Å². The average molecular weight is 368 g/mol. The second-order valence-electron chi connectivity index (χ2n) is 6.37. The predicted molar refractivity (Wildman–Crippen MR) is 103 cm³/mol. The van der Waals surface area contributed by atoms with Crippen LogP contribution in [-0.2, 0) is 32.1 Å². The lowest BCUT2D eigenvalue weighted by molar-refractivity contribution is -0.158. The van der Waals surface area contributed by atoms with Crippen molar-refractivity contribution < 1.29 is 19.1 Å². The van der Waals surface area contributed by atoms with Crippen molar-refractivity contribution in [1.29, 1.82) is 0 Å². The molecule has 2 rings (SSSR count). The third-order valence-electron chi connectivity index (χ3n) is 3.92. The first-order valence-corrected chi connectivity index (χ1v) is 8.70. The Hall–Kier alpha value is -3.15. The second-order valence-corrected chi connectivity index (χ2v) is 6.37. The fourth-order valence-corrected chi connectivity index (χ4v) is 2.61. The Morgan fingerprint density at radius 1 is 1.00 bits per heavy atom. The Morgan fingerprint density at radius 2 is 1.63 bits per heavy atom. The molecule has 6 heteroatoms. The molecule has 0 aliphatic carbocycles. The van der Waals surface area contributed by atoms with Crippen molar-refractivity contribution >= 4 is 23.5 Å². The Morgan fingerprint density at radius 3 is 2.22 bits per heavy atom. The summed E-state index contributed by atoms with van der Waals surface area (Å²) < 4.78 is 5.27. The maximum Gasteiger partial charge on any atom is 0.311 e. The number of hydrogen-bond donors (Lipinski definition) is 1. The van der Waals surface area contributed by atoms with E-state index < -0.39 is 12.1 Å². The zero-order valence-corrected chi connectivity index (χ0v) is 15.8. The van der Waals surface area contributed by atoms with Gasteiger partial charge < -0.3 is 15.0 Å². The molecule has 6 nitrogen and oxygen atoms in total. The number of esters is 1. The molecule has 2 aromatic rings. The van der Waals surface area contributed by atoms with Gasteiger partial charge in [-0.25, -0.2) is 0 Å². The number of benzene rings is 2. The quantitative estimate of drug-likeness (QED) is 0.763. The Labute approximate surface area is 159 Å². The van der Waals surface area contributed by atoms with Crippen LogP contribution >= 0.6 is 0 Å². The van der Waals surface area contributed by atoms with Crippen LogP contribution in [-0.4, -0.2) is 35.8 Å². The molecule has 2 amide bonds. The van der Waals surface area contributed by atoms with Crippen LogP contribution < -0.4 is 5.32 Å². The van der Waals surface area contributed by atoms with E-state index in [1.807, 2.05) is 30.3 Å². The van der Waals surface area contributed by atoms with Gasteiger partial charge in [-0.3, -0.25) is 14.4 Å². The van der Waals surface area contributed by atoms with E-state index in [1.165, 1.54) is 11.8 Å². The molecule has 1 atom stereocenters. The first-order valence-electron chi connectivity index (χ1n) is 8.70. The molecule has 0 spiro atoms. The standard InChI is InChI=1S/C21H24N2O4/c1-15(21(26)23(3)14-18-7-5-4-6-8-18)27-20(25)13-17-9-11-19(12-10-17)22-16(2)24/h4-12,15H,13-14H2,1-3H3,(H,22,24)/t15-/m1/s1. The van der Waals surface area contributed by atoms with Crippen molar-refractivity contribution in [2.24, 2.45) is 0 Å². The van der Waals surface area contributed by atoms with Gasteiger partial charge >= 0.3 is 5.97 Å². The molecule has 0 fully saturated rings. The summed E-state index contributed by atoms with van der Waals surface area (Å²) in [6.45, 7) is 3.45. The highest BCUT2D eigenvalue weighted by Gasteiger charge is 2.21. The first-order chi connectivity index (χ1) is 12.8. The van der Waals surface area contributed by atoms with Gasteiger partial charge in [-0.2, -0.15) is 0 Å². The Balaban J connectivity index is 1.85. The molecule has 0 radical (unpaired) electrons. The van der Waals surface area contributed by atoms with E-state index in [-0.39, 0.29) is 18.2 Å². The fraction of sp³-hybridized carbons (Fsp3) is 0.286. The highest BCUT2D eigenvalue weighted by molar-refractivity contribution is 5.88. The van der Waals surface area contributed by atoms with E-state index in [1.54, 1.807) is 38.2 Å². The number of amides is 2. The summed E-state index contributed by atoms with van der Waals surface area (Å²) in [6.07, 6.45) is -0.801. The van der Waals surface area contributed by atoms with Crippen molar-refractivity contribution in [1.82, 2.24) is 4.90 Å². The summed E-state index contributed by atoms with van der Waals surface area (Å²) in [5, 5.41) is 2.66. The molecule has 2 aromatic carbocycles. The molecule has 0 bridgehead atoms. The predicted octanol–water partition coefficient (Wildman–Crippen LogP) is 2.78. The fourth-order valence-electron chi connectivity index (χ4n) is 2.61. The minimum absolute atomic E-state index is 0.0559. The highest BCUT2D eigenvalue weighted by Crippen LogP contribution is 2.11. The number of hydrogen-bond acceptors (Lipinski definition) is 4. The topological polar surface area (TPSA) is 75.7 Å². The number of carbonyl (C=O) groups is 3. The van der Waals surface area contributed by atoms with Gasteiger partial charge in [0.25, 0.3) is 5.91 Å². The van der Waals surface area contributed by atoms with Crippen LogP contribution in [0.5, 0.6) is 0 Å². The van der Waals surface area contributed by atoms with Gasteiger partial charge in [-0.1, -0.05) is 42.5 Å². The summed E-state index contributed by atoms with van der Waals surface area (Å²) in [5.41, 5.74) is 2.41. The Bertz CT molecular complexity index is 788. The molecule has 0 heterocycles. The van der Waals surface area contributed by atoms with Crippen LogP contribution in [0.1, 0.15) is 25.0 Å². The minimum atomic E-state index is -0.857. The molecule has 0 saturated carbocycles. The van der Waals surface area contributed by atoms with Gasteiger partial charge in [0.2, 0.25) is 5.91 Å². The lowest BCUT2D eigenvalue weighted by atomic mass is 10.1. The van der Waals surface area contributed by atoms with Gasteiger partial charge in [-0.15, -0.1) is 0 Å². The molecule has 0 aliphatic rings. The van der Waals surface area contributed by atoms with Crippen molar-refractivity contribution in [2.75, 3.05) is 12.4 Å². The van der Waals surface area contributed by atoms with Crippen LogP contribution in [0.4, 0.5) is 5.69 Å². The maximum absolute atomic E-state index is 12.4. The number of nitrogens with zero attached hydrogens (tertiary/aromatic N) is 1. The number of carbonyl (C=O) groups excluding carboxylic acids is 3. The molecule has 27 heavy (non-hydrogen) atoms. The van der Waals surface area contributed by atoms with E-state index in [9.17, 15) is 14.4 Å². The zero-order chi connectivity index (χ0) is 19.8. The van der Waals surface area contributed by atoms with Crippen LogP contribution in [0.25, 0.3) is 0 Å². The monoisotopic (exact) mass is 368 g/mol. The smallest absolute Gasteiger partial charge is 0.311 e. The molecule has 142 valence electrons. The van der Waals surface area contributed by atoms with E-state index >= 15 is 0 Å². The minimum Gasteiger partial charge on any atom is -0.452 e. The van der Waals surface area contributed by atoms with E-state index in [0.29, 0.717) is 12.2 Å². The van der Waals surface area contributed by atoms with Gasteiger partial charge in [0.15, 0.2) is 6.10 Å². The Kier molecular flexibility index (Phi) is 7.11. The number of anilines is 1. The molecule has 0 aliphatic heterocycles. The highest BCUT2D eigenvalue weighted by atomic mass is 16.5. The lowest BCUT2D eigenvalue weighted by Crippen LogP contribution is -2.37. The molecule has 0 unspecified atom stereocenters. The summed E-state index contributed by atoms with van der Waals surface area (Å²) >= 11 is 0. The molecular weight excluding hydrogens is 344 g/mol. The molecular formula is C21H24N2O4. The molecule has 0 saturated heterocycles. The van der Waals surface area contributed by atoms with Gasteiger partial charge in [0, 0.05) is 26.2 Å². The summed E-state index contributed by atoms with van der Waals surface area (Å²) in [4.78, 5) is 37.0. The van der Waals surface area contributed by atoms with Crippen LogP contribution in [0.3, 0.4) is 0 Å². The summed E-state index contributed by atoms with van der Waals surface area (Å²) in [5.74, 6) is -0.890. The SMILES string of the molecule is CC(=O)Nc1ccc(CC(=O)O[C@H](C)C(=O)N(C)Cc2ccccc2)cc1. The van der Waals surface area contributed by atoms with Gasteiger partial charge in [0.05, 0.1) is 6.42 Å². The van der Waals surface area contributed by atoms with Crippen molar-refractivity contribution in [3.05, 3.63) is 65.7 Å². The first kappa shape index (κ1) is 20.2. The van der Waals surface area contributed by atoms with Crippen LogP contribution in [0.2, 0.25) is 0 Å². The molecule has 0 aromatic heterocycles. The number of ether oxygens (including phenoxy) is 1. The zero-order valence-electron chi connectivity index (χ0n) is 15.8. The van der Waals surface area contributed by atoms with E-state index in [2.05, 4.69) is 5.32 Å². The van der Waals surface area contributed by atoms with E-state index in [4.69, 9.17) is 4.74 Å². The van der Waals surface area contributed by atoms with Gasteiger partial charge in [0.1, 0.15) is 0 Å². The maximum atomic E-state index is 12.4. The van der Waals surface area contributed by atoms with Crippen molar-refractivity contribution in [2.45, 2.75) is 32.9 Å². The number of nitrogens with one attached hydrogen (secondary N) is 1. The van der Waals surface area contributed by atoms with Crippen molar-refractivity contribution in [3.8, 4) is 0 Å². The normalized spacial score (nSPS) is 11.4. The van der Waals surface area contributed by atoms with E-state index in [0.717, 1.165) is 11.1 Å². The van der Waals surface area contributed by atoms with Gasteiger partial charge in [-0.05, 0) is 30.2 Å². The third-order valence-corrected chi connectivity index (χ3v) is 3.92.